The first-order valence-electron chi connectivity index (χ1n) is 8.06. The molecule has 1 aromatic rings. The van der Waals surface area contributed by atoms with E-state index in [1.165, 1.54) is 47.9 Å². The van der Waals surface area contributed by atoms with Crippen molar-refractivity contribution < 1.29 is 0 Å². The minimum atomic E-state index is 0.758. The maximum atomic E-state index is 3.74. The van der Waals surface area contributed by atoms with Gasteiger partial charge in [0.2, 0.25) is 0 Å². The standard InChI is InChI=1S/C18H28N2/c1-12-7-13(2)18(14(3)8-12)11-20(4)17-9-15-5-6-16(10-17)19-15/h7-8,15-17,19H,5-6,9-11H2,1-4H3. The van der Waals surface area contributed by atoms with Crippen molar-refractivity contribution in [1.29, 1.82) is 0 Å². The maximum absolute atomic E-state index is 3.74. The van der Waals surface area contributed by atoms with Crippen LogP contribution in [-0.4, -0.2) is 30.1 Å². The van der Waals surface area contributed by atoms with Crippen LogP contribution in [0.5, 0.6) is 0 Å². The topological polar surface area (TPSA) is 15.3 Å². The van der Waals surface area contributed by atoms with Gasteiger partial charge in [-0.2, -0.15) is 0 Å². The Morgan fingerprint density at radius 1 is 1.05 bits per heavy atom. The molecule has 2 heterocycles. The first-order chi connectivity index (χ1) is 9.52. The van der Waals surface area contributed by atoms with Crippen LogP contribution in [0.2, 0.25) is 0 Å². The number of aryl methyl sites for hydroxylation is 3. The van der Waals surface area contributed by atoms with Crippen molar-refractivity contribution in [2.75, 3.05) is 7.05 Å². The molecule has 2 aliphatic rings. The van der Waals surface area contributed by atoms with Crippen molar-refractivity contribution in [1.82, 2.24) is 10.2 Å². The number of fused-ring (bicyclic) bond motifs is 2. The second kappa shape index (κ2) is 5.50. The highest BCUT2D eigenvalue weighted by Gasteiger charge is 2.35. The van der Waals surface area contributed by atoms with E-state index < -0.39 is 0 Å². The maximum Gasteiger partial charge on any atom is 0.0238 e. The second-order valence-electron chi connectivity index (χ2n) is 7.06. The van der Waals surface area contributed by atoms with Gasteiger partial charge in [-0.05, 0) is 70.2 Å². The molecule has 0 amide bonds. The van der Waals surface area contributed by atoms with E-state index in [1.807, 2.05) is 0 Å². The molecule has 3 rings (SSSR count). The number of piperidine rings is 1. The van der Waals surface area contributed by atoms with Gasteiger partial charge in [0.25, 0.3) is 0 Å². The van der Waals surface area contributed by atoms with E-state index >= 15 is 0 Å². The van der Waals surface area contributed by atoms with Crippen LogP contribution < -0.4 is 5.32 Å². The zero-order chi connectivity index (χ0) is 14.3. The van der Waals surface area contributed by atoms with Crippen LogP contribution in [0.4, 0.5) is 0 Å². The van der Waals surface area contributed by atoms with E-state index in [4.69, 9.17) is 0 Å². The van der Waals surface area contributed by atoms with Crippen molar-refractivity contribution >= 4 is 0 Å². The van der Waals surface area contributed by atoms with Gasteiger partial charge in [0, 0.05) is 24.7 Å². The third-order valence-corrected chi connectivity index (χ3v) is 5.32. The predicted octanol–water partition coefficient (Wildman–Crippen LogP) is 3.33. The van der Waals surface area contributed by atoms with Crippen molar-refractivity contribution in [3.05, 3.63) is 34.4 Å². The third kappa shape index (κ3) is 2.77. The molecule has 0 spiro atoms. The van der Waals surface area contributed by atoms with E-state index in [9.17, 15) is 0 Å². The molecule has 2 fully saturated rings. The van der Waals surface area contributed by atoms with Gasteiger partial charge in [-0.15, -0.1) is 0 Å². The monoisotopic (exact) mass is 272 g/mol. The molecule has 2 bridgehead atoms. The molecule has 2 unspecified atom stereocenters. The molecule has 1 N–H and O–H groups in total. The summed E-state index contributed by atoms with van der Waals surface area (Å²) in [7, 11) is 2.31. The third-order valence-electron chi connectivity index (χ3n) is 5.32. The van der Waals surface area contributed by atoms with Gasteiger partial charge in [-0.1, -0.05) is 17.7 Å². The zero-order valence-corrected chi connectivity index (χ0v) is 13.4. The van der Waals surface area contributed by atoms with E-state index in [-0.39, 0.29) is 0 Å². The normalized spacial score (nSPS) is 29.1. The highest BCUT2D eigenvalue weighted by molar-refractivity contribution is 5.37. The van der Waals surface area contributed by atoms with Gasteiger partial charge in [0.1, 0.15) is 0 Å². The number of benzene rings is 1. The Bertz CT molecular complexity index is 459. The van der Waals surface area contributed by atoms with Crippen molar-refractivity contribution in [2.24, 2.45) is 0 Å². The first kappa shape index (κ1) is 14.1. The molecule has 2 saturated heterocycles. The molecule has 0 aliphatic carbocycles. The highest BCUT2D eigenvalue weighted by atomic mass is 15.2. The number of rotatable bonds is 3. The fraction of sp³-hybridized carbons (Fsp3) is 0.667. The van der Waals surface area contributed by atoms with E-state index in [0.29, 0.717) is 0 Å². The molecule has 110 valence electrons. The molecule has 20 heavy (non-hydrogen) atoms. The summed E-state index contributed by atoms with van der Waals surface area (Å²) in [6, 6.07) is 6.96. The number of hydrogen-bond acceptors (Lipinski definition) is 2. The summed E-state index contributed by atoms with van der Waals surface area (Å²) in [4.78, 5) is 2.59. The lowest BCUT2D eigenvalue weighted by Crippen LogP contribution is -2.46. The molecule has 0 radical (unpaired) electrons. The summed E-state index contributed by atoms with van der Waals surface area (Å²) < 4.78 is 0. The zero-order valence-electron chi connectivity index (χ0n) is 13.4. The second-order valence-corrected chi connectivity index (χ2v) is 7.06. The van der Waals surface area contributed by atoms with E-state index in [1.54, 1.807) is 0 Å². The Morgan fingerprint density at radius 3 is 2.15 bits per heavy atom. The molecule has 2 nitrogen and oxygen atoms in total. The van der Waals surface area contributed by atoms with Crippen molar-refractivity contribution in [3.63, 3.8) is 0 Å². The molecule has 2 aliphatic heterocycles. The average molecular weight is 272 g/mol. The summed E-state index contributed by atoms with van der Waals surface area (Å²) in [5.41, 5.74) is 5.81. The Kier molecular flexibility index (Phi) is 3.87. The number of nitrogens with zero attached hydrogens (tertiary/aromatic N) is 1. The first-order valence-corrected chi connectivity index (χ1v) is 8.06. The molecule has 1 aromatic carbocycles. The molecule has 0 aromatic heterocycles. The van der Waals surface area contributed by atoms with Crippen molar-refractivity contribution in [2.45, 2.75) is 71.1 Å². The summed E-state index contributed by atoms with van der Waals surface area (Å²) >= 11 is 0. The fourth-order valence-corrected chi connectivity index (χ4v) is 4.22. The van der Waals surface area contributed by atoms with Gasteiger partial charge in [-0.25, -0.2) is 0 Å². The lowest BCUT2D eigenvalue weighted by molar-refractivity contribution is 0.165. The lowest BCUT2D eigenvalue weighted by atomic mass is 9.95. The summed E-state index contributed by atoms with van der Waals surface area (Å²) in [5.74, 6) is 0. The van der Waals surface area contributed by atoms with Gasteiger partial charge >= 0.3 is 0 Å². The molecule has 2 atom stereocenters. The molecule has 2 heteroatoms. The summed E-state index contributed by atoms with van der Waals surface area (Å²) in [6.45, 7) is 7.81. The fourth-order valence-electron chi connectivity index (χ4n) is 4.22. The molecule has 0 saturated carbocycles. The van der Waals surface area contributed by atoms with Crippen LogP contribution in [0.1, 0.15) is 47.9 Å². The van der Waals surface area contributed by atoms with Crippen LogP contribution in [0, 0.1) is 20.8 Å². The van der Waals surface area contributed by atoms with E-state index in [0.717, 1.165) is 24.7 Å². The van der Waals surface area contributed by atoms with Crippen LogP contribution in [0.3, 0.4) is 0 Å². The van der Waals surface area contributed by atoms with Gasteiger partial charge in [0.15, 0.2) is 0 Å². The quantitative estimate of drug-likeness (QED) is 0.908. The van der Waals surface area contributed by atoms with Crippen LogP contribution >= 0.6 is 0 Å². The largest absolute Gasteiger partial charge is 0.311 e. The lowest BCUT2D eigenvalue weighted by Gasteiger charge is -2.36. The van der Waals surface area contributed by atoms with Gasteiger partial charge < -0.3 is 5.32 Å². The van der Waals surface area contributed by atoms with Crippen LogP contribution in [0.15, 0.2) is 12.1 Å². The molecular weight excluding hydrogens is 244 g/mol. The number of nitrogens with one attached hydrogen (secondary N) is 1. The SMILES string of the molecule is Cc1cc(C)c(CN(C)C2CC3CCC(C2)N3)c(C)c1. The average Bonchev–Trinajstić information content (AvgIpc) is 2.72. The summed E-state index contributed by atoms with van der Waals surface area (Å²) in [5, 5.41) is 3.74. The Labute approximate surface area is 123 Å². The van der Waals surface area contributed by atoms with Crippen LogP contribution in [-0.2, 0) is 6.54 Å². The smallest absolute Gasteiger partial charge is 0.0238 e. The van der Waals surface area contributed by atoms with Gasteiger partial charge in [0.05, 0.1) is 0 Å². The molecular formula is C18H28N2. The van der Waals surface area contributed by atoms with Crippen molar-refractivity contribution in [3.8, 4) is 0 Å². The summed E-state index contributed by atoms with van der Waals surface area (Å²) in [6.07, 6.45) is 5.43. The Morgan fingerprint density at radius 2 is 1.60 bits per heavy atom. The highest BCUT2D eigenvalue weighted by Crippen LogP contribution is 2.30. The Hall–Kier alpha value is -0.860. The van der Waals surface area contributed by atoms with Gasteiger partial charge in [-0.3, -0.25) is 4.90 Å². The Balaban J connectivity index is 1.71. The predicted molar refractivity (Wildman–Crippen MR) is 85.1 cm³/mol. The number of hydrogen-bond donors (Lipinski definition) is 1. The van der Waals surface area contributed by atoms with Crippen LogP contribution in [0.25, 0.3) is 0 Å². The minimum Gasteiger partial charge on any atom is -0.311 e. The van der Waals surface area contributed by atoms with E-state index in [2.05, 4.69) is 50.2 Å². The minimum absolute atomic E-state index is 0.758.